The van der Waals surface area contributed by atoms with Crippen LogP contribution < -0.4 is 0 Å². The number of hydrogen-bond acceptors (Lipinski definition) is 1. The molecule has 0 aliphatic rings. The van der Waals surface area contributed by atoms with Gasteiger partial charge in [0.15, 0.2) is 0 Å². The van der Waals surface area contributed by atoms with Gasteiger partial charge in [-0.15, -0.1) is 0 Å². The van der Waals surface area contributed by atoms with Crippen molar-refractivity contribution in [1.29, 1.82) is 0 Å². The van der Waals surface area contributed by atoms with E-state index in [1.807, 2.05) is 13.8 Å². The van der Waals surface area contributed by atoms with E-state index in [1.165, 1.54) is 5.56 Å². The minimum Gasteiger partial charge on any atom is -0.396 e. The van der Waals surface area contributed by atoms with Gasteiger partial charge in [-0.3, -0.25) is 0 Å². The van der Waals surface area contributed by atoms with E-state index in [1.54, 1.807) is 0 Å². The number of aliphatic hydroxyl groups excluding tert-OH is 1. The molecule has 15 heavy (non-hydrogen) atoms. The highest BCUT2D eigenvalue weighted by Crippen LogP contribution is 2.24. The molecule has 0 saturated carbocycles. The van der Waals surface area contributed by atoms with Crippen LogP contribution in [0.1, 0.15) is 45.1 Å². The number of halogens is 1. The Balaban J connectivity index is 0.000000921. The second-order valence-electron chi connectivity index (χ2n) is 3.17. The van der Waals surface area contributed by atoms with Gasteiger partial charge in [0.25, 0.3) is 0 Å². The van der Waals surface area contributed by atoms with Gasteiger partial charge in [-0.05, 0) is 36.5 Å². The van der Waals surface area contributed by atoms with Gasteiger partial charge in [0.05, 0.1) is 0 Å². The second kappa shape index (κ2) is 8.93. The summed E-state index contributed by atoms with van der Waals surface area (Å²) in [5.74, 6) is 0.498. The third-order valence-electron chi connectivity index (χ3n) is 2.31. The summed E-state index contributed by atoms with van der Waals surface area (Å²) in [6.45, 7) is 6.43. The van der Waals surface area contributed by atoms with Gasteiger partial charge in [0.1, 0.15) is 0 Å². The van der Waals surface area contributed by atoms with Crippen LogP contribution in [0.15, 0.2) is 28.7 Å². The molecule has 0 amide bonds. The molecule has 0 aromatic heterocycles. The molecule has 1 aromatic carbocycles. The summed E-state index contributed by atoms with van der Waals surface area (Å²) >= 11 is 3.41. The molecule has 1 atom stereocenters. The third kappa shape index (κ3) is 5.33. The molecule has 0 spiro atoms. The zero-order valence-corrected chi connectivity index (χ0v) is 11.4. The lowest BCUT2D eigenvalue weighted by Crippen LogP contribution is -1.99. The van der Waals surface area contributed by atoms with Crippen LogP contribution in [0.25, 0.3) is 0 Å². The molecule has 2 heteroatoms. The van der Waals surface area contributed by atoms with E-state index in [2.05, 4.69) is 47.1 Å². The summed E-state index contributed by atoms with van der Waals surface area (Å²) in [7, 11) is 0. The summed E-state index contributed by atoms with van der Waals surface area (Å²) in [6, 6.07) is 8.34. The zero-order chi connectivity index (χ0) is 11.7. The fourth-order valence-electron chi connectivity index (χ4n) is 1.50. The predicted molar refractivity (Wildman–Crippen MR) is 70.2 cm³/mol. The van der Waals surface area contributed by atoms with Crippen molar-refractivity contribution < 1.29 is 5.11 Å². The van der Waals surface area contributed by atoms with E-state index >= 15 is 0 Å². The molecule has 0 bridgehead atoms. The average molecular weight is 273 g/mol. The average Bonchev–Trinajstić information content (AvgIpc) is 2.30. The summed E-state index contributed by atoms with van der Waals surface area (Å²) in [4.78, 5) is 0. The predicted octanol–water partition coefficient (Wildman–Crippen LogP) is 4.35. The van der Waals surface area contributed by atoms with Crippen molar-refractivity contribution in [3.63, 3.8) is 0 Å². The molecule has 0 aliphatic heterocycles. The Morgan fingerprint density at radius 2 is 1.73 bits per heavy atom. The Labute approximate surface area is 102 Å². The van der Waals surface area contributed by atoms with Crippen molar-refractivity contribution in [2.75, 3.05) is 6.61 Å². The van der Waals surface area contributed by atoms with Crippen molar-refractivity contribution in [1.82, 2.24) is 0 Å². The molecule has 0 fully saturated rings. The summed E-state index contributed by atoms with van der Waals surface area (Å²) < 4.78 is 1.11. The van der Waals surface area contributed by atoms with Gasteiger partial charge in [0.2, 0.25) is 0 Å². The lowest BCUT2D eigenvalue weighted by atomic mass is 9.94. The Morgan fingerprint density at radius 1 is 1.20 bits per heavy atom. The maximum absolute atomic E-state index is 8.87. The molecule has 0 radical (unpaired) electrons. The monoisotopic (exact) mass is 272 g/mol. The minimum absolute atomic E-state index is 0.272. The van der Waals surface area contributed by atoms with Crippen molar-refractivity contribution in [3.05, 3.63) is 34.3 Å². The van der Waals surface area contributed by atoms with Crippen LogP contribution in [-0.2, 0) is 0 Å². The number of hydrogen-bond donors (Lipinski definition) is 1. The molecule has 1 unspecified atom stereocenters. The first-order valence-corrected chi connectivity index (χ1v) is 6.43. The molecule has 0 saturated heterocycles. The highest BCUT2D eigenvalue weighted by Gasteiger charge is 2.07. The number of rotatable bonds is 4. The van der Waals surface area contributed by atoms with E-state index in [9.17, 15) is 0 Å². The molecule has 0 heterocycles. The Morgan fingerprint density at radius 3 is 2.13 bits per heavy atom. The normalized spacial score (nSPS) is 11.5. The fraction of sp³-hybridized carbons (Fsp3) is 0.538. The molecule has 0 aliphatic carbocycles. The smallest absolute Gasteiger partial charge is 0.0436 e. The molecule has 1 rings (SSSR count). The first-order chi connectivity index (χ1) is 7.27. The van der Waals surface area contributed by atoms with Crippen LogP contribution in [-0.4, -0.2) is 11.7 Å². The Bertz CT molecular complexity index is 243. The van der Waals surface area contributed by atoms with E-state index < -0.39 is 0 Å². The van der Waals surface area contributed by atoms with Crippen molar-refractivity contribution >= 4 is 15.9 Å². The highest BCUT2D eigenvalue weighted by molar-refractivity contribution is 9.10. The molecular formula is C13H21BrO. The fourth-order valence-corrected chi connectivity index (χ4v) is 1.76. The van der Waals surface area contributed by atoms with Crippen LogP contribution in [0, 0.1) is 0 Å². The van der Waals surface area contributed by atoms with Crippen molar-refractivity contribution in [2.24, 2.45) is 0 Å². The maximum Gasteiger partial charge on any atom is 0.0436 e. The molecule has 1 nitrogen and oxygen atoms in total. The minimum atomic E-state index is 0.272. The first-order valence-electron chi connectivity index (χ1n) is 5.64. The zero-order valence-electron chi connectivity index (χ0n) is 9.83. The molecular weight excluding hydrogens is 252 g/mol. The summed E-state index contributed by atoms with van der Waals surface area (Å²) in [6.07, 6.45) is 1.94. The van der Waals surface area contributed by atoms with E-state index in [4.69, 9.17) is 5.11 Å². The van der Waals surface area contributed by atoms with E-state index in [0.717, 1.165) is 17.3 Å². The molecule has 86 valence electrons. The third-order valence-corrected chi connectivity index (χ3v) is 2.84. The largest absolute Gasteiger partial charge is 0.396 e. The quantitative estimate of drug-likeness (QED) is 0.864. The standard InChI is InChI=1S/C11H15BrO.C2H6/c1-2-9(7-8-13)10-3-5-11(12)6-4-10;1-2/h3-6,9,13H,2,7-8H2,1H3;1-2H3. The molecule has 1 aromatic rings. The Hall–Kier alpha value is -0.340. The SMILES string of the molecule is CC.CCC(CCO)c1ccc(Br)cc1. The van der Waals surface area contributed by atoms with Crippen LogP contribution in [0.4, 0.5) is 0 Å². The lowest BCUT2D eigenvalue weighted by Gasteiger charge is -2.13. The van der Waals surface area contributed by atoms with Gasteiger partial charge < -0.3 is 5.11 Å². The highest BCUT2D eigenvalue weighted by atomic mass is 79.9. The van der Waals surface area contributed by atoms with Crippen LogP contribution >= 0.6 is 15.9 Å². The first kappa shape index (κ1) is 14.7. The number of aliphatic hydroxyl groups is 1. The summed E-state index contributed by atoms with van der Waals surface area (Å²) in [5, 5.41) is 8.87. The van der Waals surface area contributed by atoms with Gasteiger partial charge in [-0.25, -0.2) is 0 Å². The number of benzene rings is 1. The van der Waals surface area contributed by atoms with Crippen molar-refractivity contribution in [2.45, 2.75) is 39.5 Å². The topological polar surface area (TPSA) is 20.2 Å². The van der Waals surface area contributed by atoms with Gasteiger partial charge in [-0.1, -0.05) is 48.8 Å². The second-order valence-corrected chi connectivity index (χ2v) is 4.08. The van der Waals surface area contributed by atoms with Crippen LogP contribution in [0.5, 0.6) is 0 Å². The van der Waals surface area contributed by atoms with E-state index in [-0.39, 0.29) is 6.61 Å². The van der Waals surface area contributed by atoms with Crippen LogP contribution in [0.3, 0.4) is 0 Å². The van der Waals surface area contributed by atoms with Gasteiger partial charge in [-0.2, -0.15) is 0 Å². The lowest BCUT2D eigenvalue weighted by molar-refractivity contribution is 0.274. The van der Waals surface area contributed by atoms with Gasteiger partial charge >= 0.3 is 0 Å². The molecule has 1 N–H and O–H groups in total. The Kier molecular flexibility index (Phi) is 8.73. The van der Waals surface area contributed by atoms with Crippen LogP contribution in [0.2, 0.25) is 0 Å². The maximum atomic E-state index is 8.87. The summed E-state index contributed by atoms with van der Waals surface area (Å²) in [5.41, 5.74) is 1.32. The van der Waals surface area contributed by atoms with Crippen molar-refractivity contribution in [3.8, 4) is 0 Å². The van der Waals surface area contributed by atoms with E-state index in [0.29, 0.717) is 5.92 Å². The van der Waals surface area contributed by atoms with Gasteiger partial charge in [0, 0.05) is 11.1 Å².